The number of nitrogens with zero attached hydrogens (tertiary/aromatic N) is 3. The van der Waals surface area contributed by atoms with Gasteiger partial charge < -0.3 is 14.4 Å². The van der Waals surface area contributed by atoms with Crippen LogP contribution < -0.4 is 4.90 Å². The number of hydrogen-bond donors (Lipinski definition) is 0. The molecule has 1 rings (SSSR count). The van der Waals surface area contributed by atoms with Crippen LogP contribution in [0.25, 0.3) is 0 Å². The van der Waals surface area contributed by atoms with Crippen molar-refractivity contribution in [3.63, 3.8) is 0 Å². The number of carbonyl (C=O) groups is 2. The first-order valence-electron chi connectivity index (χ1n) is 6.36. The van der Waals surface area contributed by atoms with Crippen molar-refractivity contribution < 1.29 is 19.1 Å². The summed E-state index contributed by atoms with van der Waals surface area (Å²) >= 11 is 0. The summed E-state index contributed by atoms with van der Waals surface area (Å²) in [6.07, 6.45) is 0. The molecular weight excluding hydrogens is 262 g/mol. The van der Waals surface area contributed by atoms with Crippen LogP contribution in [-0.2, 0) is 14.3 Å². The minimum atomic E-state index is -0.609. The third kappa shape index (κ3) is 4.18. The van der Waals surface area contributed by atoms with E-state index in [1.54, 1.807) is 24.8 Å². The van der Waals surface area contributed by atoms with E-state index in [4.69, 9.17) is 4.74 Å². The highest BCUT2D eigenvalue weighted by Crippen LogP contribution is 2.13. The molecule has 0 aromatic carbocycles. The van der Waals surface area contributed by atoms with Crippen LogP contribution in [-0.4, -0.2) is 48.7 Å². The van der Waals surface area contributed by atoms with Gasteiger partial charge >= 0.3 is 11.9 Å². The Bertz CT molecular complexity index is 491. The molecule has 0 amide bonds. The third-order valence-electron chi connectivity index (χ3n) is 2.54. The van der Waals surface area contributed by atoms with E-state index in [1.807, 2.05) is 6.92 Å². The summed E-state index contributed by atoms with van der Waals surface area (Å²) < 4.78 is 9.51. The summed E-state index contributed by atoms with van der Waals surface area (Å²) in [6, 6.07) is 1.70. The highest BCUT2D eigenvalue weighted by molar-refractivity contribution is 5.85. The SMILES string of the molecule is CCOC(=O)CN(CC)c1cc(C)nc(C(=O)OC)n1. The van der Waals surface area contributed by atoms with Gasteiger partial charge in [-0.1, -0.05) is 0 Å². The van der Waals surface area contributed by atoms with Gasteiger partial charge in [-0.05, 0) is 20.8 Å². The second kappa shape index (κ2) is 7.42. The van der Waals surface area contributed by atoms with Crippen molar-refractivity contribution in [3.8, 4) is 0 Å². The molecule has 0 fully saturated rings. The normalized spacial score (nSPS) is 10.0. The zero-order valence-corrected chi connectivity index (χ0v) is 12.2. The van der Waals surface area contributed by atoms with Gasteiger partial charge in [-0.3, -0.25) is 4.79 Å². The first-order valence-corrected chi connectivity index (χ1v) is 6.36. The molecule has 0 atom stereocenters. The van der Waals surface area contributed by atoms with Gasteiger partial charge in [0.2, 0.25) is 5.82 Å². The van der Waals surface area contributed by atoms with Gasteiger partial charge in [-0.2, -0.15) is 0 Å². The molecule has 0 aliphatic carbocycles. The number of carbonyl (C=O) groups excluding carboxylic acids is 2. The Morgan fingerprint density at radius 1 is 1.30 bits per heavy atom. The van der Waals surface area contributed by atoms with Gasteiger partial charge in [-0.15, -0.1) is 0 Å². The van der Waals surface area contributed by atoms with Gasteiger partial charge in [0.05, 0.1) is 13.7 Å². The lowest BCUT2D eigenvalue weighted by atomic mass is 10.3. The van der Waals surface area contributed by atoms with Crippen molar-refractivity contribution in [2.45, 2.75) is 20.8 Å². The fourth-order valence-corrected chi connectivity index (χ4v) is 1.61. The molecule has 0 saturated carbocycles. The first-order chi connectivity index (χ1) is 9.51. The Balaban J connectivity index is 3.00. The molecule has 1 heterocycles. The molecular formula is C13H19N3O4. The molecule has 0 unspecified atom stereocenters. The fraction of sp³-hybridized carbons (Fsp3) is 0.538. The number of methoxy groups -OCH3 is 1. The van der Waals surface area contributed by atoms with E-state index in [2.05, 4.69) is 14.7 Å². The second-order valence-electron chi connectivity index (χ2n) is 4.00. The lowest BCUT2D eigenvalue weighted by Crippen LogP contribution is -2.32. The van der Waals surface area contributed by atoms with Crippen LogP contribution in [0.15, 0.2) is 6.07 Å². The van der Waals surface area contributed by atoms with E-state index in [9.17, 15) is 9.59 Å². The average Bonchev–Trinajstić information content (AvgIpc) is 2.43. The Hall–Kier alpha value is -2.18. The number of aromatic nitrogens is 2. The van der Waals surface area contributed by atoms with Crippen molar-refractivity contribution in [1.82, 2.24) is 9.97 Å². The number of rotatable bonds is 6. The number of anilines is 1. The molecule has 0 aliphatic rings. The Morgan fingerprint density at radius 2 is 2.00 bits per heavy atom. The molecule has 0 radical (unpaired) electrons. The molecule has 7 heteroatoms. The zero-order valence-electron chi connectivity index (χ0n) is 12.2. The smallest absolute Gasteiger partial charge is 0.376 e. The average molecular weight is 281 g/mol. The van der Waals surface area contributed by atoms with E-state index >= 15 is 0 Å². The zero-order chi connectivity index (χ0) is 15.1. The van der Waals surface area contributed by atoms with Crippen LogP contribution in [0.2, 0.25) is 0 Å². The van der Waals surface area contributed by atoms with Crippen LogP contribution in [0, 0.1) is 6.92 Å². The number of hydrogen-bond acceptors (Lipinski definition) is 7. The summed E-state index contributed by atoms with van der Waals surface area (Å²) in [5, 5.41) is 0. The van der Waals surface area contributed by atoms with Gasteiger partial charge in [0.25, 0.3) is 0 Å². The van der Waals surface area contributed by atoms with Gasteiger partial charge in [0.15, 0.2) is 0 Å². The van der Waals surface area contributed by atoms with Crippen molar-refractivity contribution in [3.05, 3.63) is 17.6 Å². The monoisotopic (exact) mass is 281 g/mol. The maximum atomic E-state index is 11.5. The molecule has 1 aromatic rings. The maximum Gasteiger partial charge on any atom is 0.376 e. The van der Waals surface area contributed by atoms with Gasteiger partial charge in [0, 0.05) is 18.3 Å². The fourth-order valence-electron chi connectivity index (χ4n) is 1.61. The molecule has 1 aromatic heterocycles. The van der Waals surface area contributed by atoms with Crippen molar-refractivity contribution >= 4 is 17.8 Å². The van der Waals surface area contributed by atoms with Gasteiger partial charge in [0.1, 0.15) is 12.4 Å². The van der Waals surface area contributed by atoms with Crippen LogP contribution in [0.4, 0.5) is 5.82 Å². The molecule has 7 nitrogen and oxygen atoms in total. The standard InChI is InChI=1S/C13H19N3O4/c1-5-16(8-11(17)20-6-2)10-7-9(3)14-12(15-10)13(18)19-4/h7H,5-6,8H2,1-4H3. The van der Waals surface area contributed by atoms with Crippen LogP contribution >= 0.6 is 0 Å². The molecule has 20 heavy (non-hydrogen) atoms. The molecule has 0 aliphatic heterocycles. The minimum absolute atomic E-state index is 0.0233. The topological polar surface area (TPSA) is 81.6 Å². The minimum Gasteiger partial charge on any atom is -0.465 e. The Labute approximate surface area is 117 Å². The molecule has 0 N–H and O–H groups in total. The van der Waals surface area contributed by atoms with Crippen LogP contribution in [0.1, 0.15) is 30.2 Å². The third-order valence-corrected chi connectivity index (χ3v) is 2.54. The molecule has 0 bridgehead atoms. The van der Waals surface area contributed by atoms with E-state index in [0.717, 1.165) is 0 Å². The number of esters is 2. The van der Waals surface area contributed by atoms with Crippen molar-refractivity contribution in [1.29, 1.82) is 0 Å². The van der Waals surface area contributed by atoms with Crippen molar-refractivity contribution in [2.24, 2.45) is 0 Å². The molecule has 0 saturated heterocycles. The lowest BCUT2D eigenvalue weighted by Gasteiger charge is -2.21. The van der Waals surface area contributed by atoms with E-state index in [-0.39, 0.29) is 18.3 Å². The lowest BCUT2D eigenvalue weighted by molar-refractivity contribution is -0.141. The summed E-state index contributed by atoms with van der Waals surface area (Å²) in [5.74, 6) is -0.481. The summed E-state index contributed by atoms with van der Waals surface area (Å²) in [4.78, 5) is 32.9. The molecule has 0 spiro atoms. The quantitative estimate of drug-likeness (QED) is 0.718. The number of likely N-dealkylation sites (N-methyl/N-ethyl adjacent to an activating group) is 1. The maximum absolute atomic E-state index is 11.5. The highest BCUT2D eigenvalue weighted by Gasteiger charge is 2.17. The van der Waals surface area contributed by atoms with E-state index in [0.29, 0.717) is 24.7 Å². The van der Waals surface area contributed by atoms with Crippen LogP contribution in [0.3, 0.4) is 0 Å². The van der Waals surface area contributed by atoms with Crippen LogP contribution in [0.5, 0.6) is 0 Å². The molecule has 110 valence electrons. The predicted octanol–water partition coefficient (Wildman–Crippen LogP) is 0.961. The highest BCUT2D eigenvalue weighted by atomic mass is 16.5. The van der Waals surface area contributed by atoms with E-state index in [1.165, 1.54) is 7.11 Å². The first kappa shape index (κ1) is 15.9. The van der Waals surface area contributed by atoms with E-state index < -0.39 is 5.97 Å². The number of aryl methyl sites for hydroxylation is 1. The predicted molar refractivity (Wildman–Crippen MR) is 72.6 cm³/mol. The Kier molecular flexibility index (Phi) is 5.89. The second-order valence-corrected chi connectivity index (χ2v) is 4.00. The summed E-state index contributed by atoms with van der Waals surface area (Å²) in [6.45, 7) is 6.33. The van der Waals surface area contributed by atoms with Crippen molar-refractivity contribution in [2.75, 3.05) is 31.7 Å². The number of ether oxygens (including phenoxy) is 2. The summed E-state index contributed by atoms with van der Waals surface area (Å²) in [5.41, 5.74) is 0.623. The van der Waals surface area contributed by atoms with Gasteiger partial charge in [-0.25, -0.2) is 14.8 Å². The largest absolute Gasteiger partial charge is 0.465 e. The Morgan fingerprint density at radius 3 is 2.55 bits per heavy atom. The summed E-state index contributed by atoms with van der Waals surface area (Å²) in [7, 11) is 1.27.